The van der Waals surface area contributed by atoms with E-state index < -0.39 is 0 Å². The van der Waals surface area contributed by atoms with E-state index in [9.17, 15) is 0 Å². The fourth-order valence-corrected chi connectivity index (χ4v) is 1.56. The molecule has 1 aromatic heterocycles. The SMILES string of the molecule is CCCOCCOc1cc(NCC)nc(C(C)(C)C)n1. The monoisotopic (exact) mass is 281 g/mol. The molecule has 114 valence electrons. The third kappa shape index (κ3) is 5.74. The predicted octanol–water partition coefficient (Wildman–Crippen LogP) is 3.01. The zero-order chi connectivity index (χ0) is 15.0. The molecule has 1 aromatic rings. The summed E-state index contributed by atoms with van der Waals surface area (Å²) in [5.74, 6) is 2.18. The van der Waals surface area contributed by atoms with E-state index in [1.165, 1.54) is 0 Å². The number of nitrogens with one attached hydrogen (secondary N) is 1. The van der Waals surface area contributed by atoms with Gasteiger partial charge in [0, 0.05) is 24.6 Å². The van der Waals surface area contributed by atoms with E-state index in [1.807, 2.05) is 13.0 Å². The molecule has 1 rings (SSSR count). The van der Waals surface area contributed by atoms with E-state index in [0.29, 0.717) is 19.1 Å². The summed E-state index contributed by atoms with van der Waals surface area (Å²) < 4.78 is 11.1. The minimum atomic E-state index is -0.109. The fourth-order valence-electron chi connectivity index (χ4n) is 1.56. The molecule has 0 saturated heterocycles. The first-order valence-electron chi connectivity index (χ1n) is 7.31. The molecule has 1 heterocycles. The van der Waals surface area contributed by atoms with Crippen LogP contribution in [-0.2, 0) is 10.2 Å². The maximum absolute atomic E-state index is 5.66. The Bertz CT molecular complexity index is 403. The quantitative estimate of drug-likeness (QED) is 0.742. The molecule has 5 nitrogen and oxygen atoms in total. The van der Waals surface area contributed by atoms with Crippen molar-refractivity contribution in [3.8, 4) is 5.88 Å². The van der Waals surface area contributed by atoms with Gasteiger partial charge in [-0.25, -0.2) is 4.98 Å². The normalized spacial score (nSPS) is 11.4. The average Bonchev–Trinajstić information content (AvgIpc) is 2.38. The molecule has 0 saturated carbocycles. The zero-order valence-electron chi connectivity index (χ0n) is 13.3. The van der Waals surface area contributed by atoms with Gasteiger partial charge in [-0.2, -0.15) is 4.98 Å². The van der Waals surface area contributed by atoms with Crippen LogP contribution in [0.15, 0.2) is 6.07 Å². The Kier molecular flexibility index (Phi) is 6.71. The second kappa shape index (κ2) is 8.04. The highest BCUT2D eigenvalue weighted by atomic mass is 16.5. The molecule has 0 amide bonds. The van der Waals surface area contributed by atoms with Crippen LogP contribution in [0.4, 0.5) is 5.82 Å². The Morgan fingerprint density at radius 1 is 1.10 bits per heavy atom. The van der Waals surface area contributed by atoms with Crippen LogP contribution in [0, 0.1) is 0 Å². The zero-order valence-corrected chi connectivity index (χ0v) is 13.3. The lowest BCUT2D eigenvalue weighted by atomic mass is 9.96. The molecule has 0 aromatic carbocycles. The lowest BCUT2D eigenvalue weighted by molar-refractivity contribution is 0.0988. The number of hydrogen-bond acceptors (Lipinski definition) is 5. The summed E-state index contributed by atoms with van der Waals surface area (Å²) in [6, 6.07) is 1.83. The van der Waals surface area contributed by atoms with Crippen molar-refractivity contribution in [3.05, 3.63) is 11.9 Å². The predicted molar refractivity (Wildman–Crippen MR) is 81.5 cm³/mol. The topological polar surface area (TPSA) is 56.3 Å². The van der Waals surface area contributed by atoms with Gasteiger partial charge in [-0.3, -0.25) is 0 Å². The number of ether oxygens (including phenoxy) is 2. The Balaban J connectivity index is 2.71. The highest BCUT2D eigenvalue weighted by Gasteiger charge is 2.19. The molecule has 1 N–H and O–H groups in total. The van der Waals surface area contributed by atoms with Crippen LogP contribution < -0.4 is 10.1 Å². The van der Waals surface area contributed by atoms with Crippen molar-refractivity contribution in [3.63, 3.8) is 0 Å². The Morgan fingerprint density at radius 3 is 2.45 bits per heavy atom. The summed E-state index contributed by atoms with van der Waals surface area (Å²) in [5, 5.41) is 3.21. The van der Waals surface area contributed by atoms with Crippen LogP contribution in [-0.4, -0.2) is 36.3 Å². The Hall–Kier alpha value is -1.36. The number of nitrogens with zero attached hydrogens (tertiary/aromatic N) is 2. The van der Waals surface area contributed by atoms with Gasteiger partial charge in [-0.15, -0.1) is 0 Å². The third-order valence-electron chi connectivity index (χ3n) is 2.56. The first kappa shape index (κ1) is 16.7. The van der Waals surface area contributed by atoms with Crippen LogP contribution in [0.25, 0.3) is 0 Å². The third-order valence-corrected chi connectivity index (χ3v) is 2.56. The highest BCUT2D eigenvalue weighted by molar-refractivity contribution is 5.39. The molecule has 0 spiro atoms. The van der Waals surface area contributed by atoms with Gasteiger partial charge in [0.05, 0.1) is 6.61 Å². The molecule has 0 unspecified atom stereocenters. The Morgan fingerprint density at radius 2 is 1.85 bits per heavy atom. The number of rotatable bonds is 8. The largest absolute Gasteiger partial charge is 0.475 e. The second-order valence-corrected chi connectivity index (χ2v) is 5.66. The van der Waals surface area contributed by atoms with Crippen LogP contribution >= 0.6 is 0 Å². The lowest BCUT2D eigenvalue weighted by Crippen LogP contribution is -2.18. The van der Waals surface area contributed by atoms with E-state index in [4.69, 9.17) is 9.47 Å². The Labute approximate surface area is 122 Å². The van der Waals surface area contributed by atoms with E-state index in [-0.39, 0.29) is 5.41 Å². The summed E-state index contributed by atoms with van der Waals surface area (Å²) in [7, 11) is 0. The van der Waals surface area contributed by atoms with Gasteiger partial charge in [0.1, 0.15) is 18.2 Å². The summed E-state index contributed by atoms with van der Waals surface area (Å²) in [5.41, 5.74) is -0.109. The standard InChI is InChI=1S/C15H27N3O2/c1-6-8-19-9-10-20-13-11-12(16-7-2)17-14(18-13)15(3,4)5/h11H,6-10H2,1-5H3,(H,16,17,18). The molecule has 0 aliphatic heterocycles. The molecule has 0 fully saturated rings. The molecule has 0 atom stereocenters. The first-order chi connectivity index (χ1) is 9.47. The number of aromatic nitrogens is 2. The fraction of sp³-hybridized carbons (Fsp3) is 0.733. The van der Waals surface area contributed by atoms with Gasteiger partial charge in [-0.1, -0.05) is 27.7 Å². The van der Waals surface area contributed by atoms with Crippen LogP contribution in [0.1, 0.15) is 46.9 Å². The lowest BCUT2D eigenvalue weighted by Gasteiger charge is -2.18. The molecular weight excluding hydrogens is 254 g/mol. The maximum Gasteiger partial charge on any atom is 0.218 e. The molecular formula is C15H27N3O2. The van der Waals surface area contributed by atoms with Crippen molar-refractivity contribution in [2.45, 2.75) is 46.5 Å². The molecule has 0 bridgehead atoms. The van der Waals surface area contributed by atoms with Crippen LogP contribution in [0.5, 0.6) is 5.88 Å². The molecule has 0 aliphatic carbocycles. The molecule has 0 radical (unpaired) electrons. The van der Waals surface area contributed by atoms with Crippen LogP contribution in [0.3, 0.4) is 0 Å². The minimum absolute atomic E-state index is 0.109. The smallest absolute Gasteiger partial charge is 0.218 e. The van der Waals surface area contributed by atoms with Crippen molar-refractivity contribution in [2.24, 2.45) is 0 Å². The van der Waals surface area contributed by atoms with Crippen molar-refractivity contribution in [1.82, 2.24) is 9.97 Å². The van der Waals surface area contributed by atoms with Crippen molar-refractivity contribution >= 4 is 5.82 Å². The van der Waals surface area contributed by atoms with E-state index in [0.717, 1.165) is 31.2 Å². The highest BCUT2D eigenvalue weighted by Crippen LogP contribution is 2.23. The van der Waals surface area contributed by atoms with E-state index >= 15 is 0 Å². The van der Waals surface area contributed by atoms with Gasteiger partial charge >= 0.3 is 0 Å². The molecule has 0 aliphatic rings. The van der Waals surface area contributed by atoms with Gasteiger partial charge in [0.2, 0.25) is 5.88 Å². The first-order valence-corrected chi connectivity index (χ1v) is 7.31. The van der Waals surface area contributed by atoms with Gasteiger partial charge in [-0.05, 0) is 13.3 Å². The van der Waals surface area contributed by atoms with E-state index in [2.05, 4.69) is 43.0 Å². The average molecular weight is 281 g/mol. The van der Waals surface area contributed by atoms with Gasteiger partial charge in [0.25, 0.3) is 0 Å². The summed E-state index contributed by atoms with van der Waals surface area (Å²) in [4.78, 5) is 8.99. The van der Waals surface area contributed by atoms with Crippen molar-refractivity contribution in [2.75, 3.05) is 31.7 Å². The minimum Gasteiger partial charge on any atom is -0.475 e. The molecule has 20 heavy (non-hydrogen) atoms. The van der Waals surface area contributed by atoms with Crippen molar-refractivity contribution < 1.29 is 9.47 Å². The summed E-state index contributed by atoms with van der Waals surface area (Å²) >= 11 is 0. The van der Waals surface area contributed by atoms with Gasteiger partial charge in [0.15, 0.2) is 0 Å². The summed E-state index contributed by atoms with van der Waals surface area (Å²) in [6.45, 7) is 13.1. The van der Waals surface area contributed by atoms with E-state index in [1.54, 1.807) is 0 Å². The second-order valence-electron chi connectivity index (χ2n) is 5.66. The maximum atomic E-state index is 5.66. The molecule has 5 heteroatoms. The number of anilines is 1. The summed E-state index contributed by atoms with van der Waals surface area (Å²) in [6.07, 6.45) is 1.02. The van der Waals surface area contributed by atoms with Crippen LogP contribution in [0.2, 0.25) is 0 Å². The van der Waals surface area contributed by atoms with Gasteiger partial charge < -0.3 is 14.8 Å². The number of hydrogen-bond donors (Lipinski definition) is 1. The van der Waals surface area contributed by atoms with Crippen molar-refractivity contribution in [1.29, 1.82) is 0 Å².